The molecule has 1 aliphatic rings. The zero-order valence-electron chi connectivity index (χ0n) is 16.3. The first kappa shape index (κ1) is 22.4. The van der Waals surface area contributed by atoms with Crippen molar-refractivity contribution in [2.75, 3.05) is 37.7 Å². The van der Waals surface area contributed by atoms with E-state index in [2.05, 4.69) is 0 Å². The van der Waals surface area contributed by atoms with E-state index in [1.165, 1.54) is 41.3 Å². The normalized spacial score (nSPS) is 16.7. The highest BCUT2D eigenvalue weighted by Crippen LogP contribution is 2.35. The van der Waals surface area contributed by atoms with Crippen molar-refractivity contribution >= 4 is 11.6 Å². The Bertz CT molecular complexity index is 973. The van der Waals surface area contributed by atoms with Gasteiger partial charge >= 0.3 is 6.18 Å². The number of aliphatic hydroxyl groups excluding tert-OH is 1. The smallest absolute Gasteiger partial charge is 0.417 e. The third-order valence-corrected chi connectivity index (χ3v) is 4.98. The van der Waals surface area contributed by atoms with E-state index < -0.39 is 35.1 Å². The number of piperazine rings is 1. The molecule has 0 aromatic heterocycles. The van der Waals surface area contributed by atoms with Gasteiger partial charge in [0.25, 0.3) is 5.91 Å². The molecule has 0 radical (unpaired) electrons. The highest BCUT2D eigenvalue weighted by Gasteiger charge is 2.35. The number of nitrogens with zero attached hydrogens (tertiary/aromatic N) is 3. The maximum absolute atomic E-state index is 13.2. The van der Waals surface area contributed by atoms with Crippen LogP contribution in [0, 0.1) is 17.1 Å². The molecule has 1 unspecified atom stereocenters. The van der Waals surface area contributed by atoms with Gasteiger partial charge in [0.15, 0.2) is 6.61 Å². The molecular weight excluding hydrogens is 418 g/mol. The van der Waals surface area contributed by atoms with Crippen molar-refractivity contribution in [2.45, 2.75) is 12.2 Å². The fourth-order valence-electron chi connectivity index (χ4n) is 3.39. The summed E-state index contributed by atoms with van der Waals surface area (Å²) >= 11 is 0. The zero-order valence-corrected chi connectivity index (χ0v) is 16.3. The quantitative estimate of drug-likeness (QED) is 0.728. The van der Waals surface area contributed by atoms with Crippen molar-refractivity contribution in [3.05, 3.63) is 59.4 Å². The molecule has 0 bridgehead atoms. The van der Waals surface area contributed by atoms with Crippen molar-refractivity contribution in [3.63, 3.8) is 0 Å². The van der Waals surface area contributed by atoms with Crippen LogP contribution in [0.3, 0.4) is 0 Å². The number of ether oxygens (including phenoxy) is 1. The van der Waals surface area contributed by atoms with Crippen LogP contribution in [0.25, 0.3) is 0 Å². The molecular formula is C21H19F4N3O3. The highest BCUT2D eigenvalue weighted by atomic mass is 19.4. The molecule has 3 rings (SSSR count). The second-order valence-corrected chi connectivity index (χ2v) is 6.95. The number of anilines is 1. The van der Waals surface area contributed by atoms with Gasteiger partial charge in [-0.05, 0) is 42.5 Å². The predicted molar refractivity (Wildman–Crippen MR) is 103 cm³/mol. The average molecular weight is 437 g/mol. The van der Waals surface area contributed by atoms with Crippen LogP contribution >= 0.6 is 0 Å². The van der Waals surface area contributed by atoms with E-state index in [-0.39, 0.29) is 38.5 Å². The van der Waals surface area contributed by atoms with Gasteiger partial charge in [-0.1, -0.05) is 0 Å². The Hall–Kier alpha value is -3.32. The van der Waals surface area contributed by atoms with E-state index in [0.29, 0.717) is 5.75 Å². The van der Waals surface area contributed by atoms with Gasteiger partial charge in [0.2, 0.25) is 0 Å². The van der Waals surface area contributed by atoms with Gasteiger partial charge in [-0.2, -0.15) is 18.4 Å². The number of carbonyl (C=O) groups is 1. The van der Waals surface area contributed by atoms with E-state index in [1.54, 1.807) is 4.90 Å². The van der Waals surface area contributed by atoms with Crippen molar-refractivity contribution in [1.29, 1.82) is 5.26 Å². The molecule has 6 nitrogen and oxygen atoms in total. The summed E-state index contributed by atoms with van der Waals surface area (Å²) in [5.74, 6) is -0.531. The van der Waals surface area contributed by atoms with Gasteiger partial charge < -0.3 is 19.6 Å². The lowest BCUT2D eigenvalue weighted by Gasteiger charge is -2.41. The SMILES string of the molecule is N#Cc1ccc(N2CCN(C(=O)COc3ccc(F)cc3)C(CO)C2)cc1C(F)(F)F. The van der Waals surface area contributed by atoms with Crippen LogP contribution in [0.1, 0.15) is 11.1 Å². The van der Waals surface area contributed by atoms with Gasteiger partial charge in [-0.15, -0.1) is 0 Å². The number of nitriles is 1. The molecule has 164 valence electrons. The summed E-state index contributed by atoms with van der Waals surface area (Å²) in [4.78, 5) is 15.6. The van der Waals surface area contributed by atoms with Gasteiger partial charge in [0.1, 0.15) is 11.6 Å². The first-order valence-corrected chi connectivity index (χ1v) is 9.38. The molecule has 31 heavy (non-hydrogen) atoms. The minimum absolute atomic E-state index is 0.113. The zero-order chi connectivity index (χ0) is 22.6. The molecule has 1 aliphatic heterocycles. The summed E-state index contributed by atoms with van der Waals surface area (Å²) in [6.07, 6.45) is -4.67. The summed E-state index contributed by atoms with van der Waals surface area (Å²) in [5.41, 5.74) is -1.25. The number of alkyl halides is 3. The predicted octanol–water partition coefficient (Wildman–Crippen LogP) is 2.80. The topological polar surface area (TPSA) is 76.8 Å². The Kier molecular flexibility index (Phi) is 6.65. The number of benzene rings is 2. The molecule has 0 spiro atoms. The Morgan fingerprint density at radius 1 is 1.19 bits per heavy atom. The maximum Gasteiger partial charge on any atom is 0.417 e. The molecule has 1 heterocycles. The number of hydrogen-bond acceptors (Lipinski definition) is 5. The fourth-order valence-corrected chi connectivity index (χ4v) is 3.39. The summed E-state index contributed by atoms with van der Waals surface area (Å²) in [6, 6.07) is 9.48. The lowest BCUT2D eigenvalue weighted by atomic mass is 10.1. The van der Waals surface area contributed by atoms with Crippen LogP contribution in [0.2, 0.25) is 0 Å². The highest BCUT2D eigenvalue weighted by molar-refractivity contribution is 5.78. The van der Waals surface area contributed by atoms with Crippen molar-refractivity contribution in [2.24, 2.45) is 0 Å². The molecule has 10 heteroatoms. The first-order valence-electron chi connectivity index (χ1n) is 9.38. The average Bonchev–Trinajstić information content (AvgIpc) is 2.77. The van der Waals surface area contributed by atoms with Crippen LogP contribution in [-0.4, -0.2) is 54.8 Å². The van der Waals surface area contributed by atoms with Crippen molar-refractivity contribution in [1.82, 2.24) is 4.90 Å². The van der Waals surface area contributed by atoms with Crippen LogP contribution < -0.4 is 9.64 Å². The van der Waals surface area contributed by atoms with E-state index in [4.69, 9.17) is 10.00 Å². The molecule has 2 aromatic carbocycles. The van der Waals surface area contributed by atoms with Crippen molar-refractivity contribution in [3.8, 4) is 11.8 Å². The number of carbonyl (C=O) groups excluding carboxylic acids is 1. The van der Waals surface area contributed by atoms with E-state index in [0.717, 1.165) is 12.1 Å². The second kappa shape index (κ2) is 9.22. The summed E-state index contributed by atoms with van der Waals surface area (Å²) in [6.45, 7) is -0.194. The van der Waals surface area contributed by atoms with Crippen LogP contribution in [0.5, 0.6) is 5.75 Å². The van der Waals surface area contributed by atoms with Gasteiger partial charge in [0, 0.05) is 25.3 Å². The number of aliphatic hydroxyl groups is 1. The van der Waals surface area contributed by atoms with Crippen LogP contribution in [0.4, 0.5) is 23.2 Å². The van der Waals surface area contributed by atoms with E-state index in [1.807, 2.05) is 0 Å². The molecule has 1 amide bonds. The van der Waals surface area contributed by atoms with Crippen molar-refractivity contribution < 1.29 is 32.2 Å². The van der Waals surface area contributed by atoms with Crippen LogP contribution in [0.15, 0.2) is 42.5 Å². The Morgan fingerprint density at radius 3 is 2.52 bits per heavy atom. The standard InChI is InChI=1S/C21H19F4N3O3/c22-15-2-5-18(6-3-15)31-13-20(30)28-8-7-27(11-17(28)12-29)16-4-1-14(10-26)19(9-16)21(23,24)25/h1-6,9,17,29H,7-8,11-13H2. The Balaban J connectivity index is 1.68. The van der Waals surface area contributed by atoms with Gasteiger partial charge in [0.05, 0.1) is 29.8 Å². The third-order valence-electron chi connectivity index (χ3n) is 4.98. The van der Waals surface area contributed by atoms with Gasteiger partial charge in [-0.25, -0.2) is 4.39 Å². The lowest BCUT2D eigenvalue weighted by Crippen LogP contribution is -2.57. The molecule has 1 saturated heterocycles. The molecule has 1 fully saturated rings. The van der Waals surface area contributed by atoms with E-state index in [9.17, 15) is 27.5 Å². The summed E-state index contributed by atoms with van der Waals surface area (Å²) in [7, 11) is 0. The molecule has 1 atom stereocenters. The Labute approximate surface area is 175 Å². The summed E-state index contributed by atoms with van der Waals surface area (Å²) < 4.78 is 58.0. The summed E-state index contributed by atoms with van der Waals surface area (Å²) in [5, 5.41) is 18.7. The number of halogens is 4. The fraction of sp³-hybridized carbons (Fsp3) is 0.333. The number of amides is 1. The van der Waals surface area contributed by atoms with Gasteiger partial charge in [-0.3, -0.25) is 4.79 Å². The molecule has 2 aromatic rings. The largest absolute Gasteiger partial charge is 0.484 e. The number of rotatable bonds is 5. The number of hydrogen-bond donors (Lipinski definition) is 1. The molecule has 1 N–H and O–H groups in total. The lowest BCUT2D eigenvalue weighted by molar-refractivity contribution is -0.138. The Morgan fingerprint density at radius 2 is 1.90 bits per heavy atom. The maximum atomic E-state index is 13.2. The second-order valence-electron chi connectivity index (χ2n) is 6.95. The monoisotopic (exact) mass is 437 g/mol. The van der Waals surface area contributed by atoms with Crippen LogP contribution in [-0.2, 0) is 11.0 Å². The molecule has 0 saturated carbocycles. The minimum atomic E-state index is -4.67. The van der Waals surface area contributed by atoms with E-state index >= 15 is 0 Å². The molecule has 0 aliphatic carbocycles. The third kappa shape index (κ3) is 5.24. The minimum Gasteiger partial charge on any atom is -0.484 e. The first-order chi connectivity index (χ1) is 14.7.